The van der Waals surface area contributed by atoms with Gasteiger partial charge in [0.25, 0.3) is 11.8 Å². The van der Waals surface area contributed by atoms with Crippen LogP contribution in [0.25, 0.3) is 0 Å². The van der Waals surface area contributed by atoms with Crippen molar-refractivity contribution in [3.8, 4) is 0 Å². The summed E-state index contributed by atoms with van der Waals surface area (Å²) in [5.74, 6) is -0.270. The third-order valence-corrected chi connectivity index (χ3v) is 5.85. The van der Waals surface area contributed by atoms with E-state index in [1.54, 1.807) is 30.3 Å². The maximum Gasteiger partial charge on any atom is 0.265 e. The lowest BCUT2D eigenvalue weighted by Gasteiger charge is -2.17. The number of benzene rings is 2. The van der Waals surface area contributed by atoms with Gasteiger partial charge in [0.05, 0.1) is 4.88 Å². The van der Waals surface area contributed by atoms with Crippen LogP contribution in [0.4, 0.5) is 5.69 Å². The molecule has 5 nitrogen and oxygen atoms in total. The lowest BCUT2D eigenvalue weighted by atomic mass is 10.1. The number of anilines is 1. The van der Waals surface area contributed by atoms with Crippen LogP contribution < -0.4 is 10.6 Å². The van der Waals surface area contributed by atoms with Crippen LogP contribution in [0.2, 0.25) is 0 Å². The highest BCUT2D eigenvalue weighted by Gasteiger charge is 2.24. The summed E-state index contributed by atoms with van der Waals surface area (Å²) in [5.41, 5.74) is 2.46. The van der Waals surface area contributed by atoms with Crippen LogP contribution in [0.3, 0.4) is 0 Å². The Bertz CT molecular complexity index is 973. The molecule has 6 heteroatoms. The summed E-state index contributed by atoms with van der Waals surface area (Å²) < 4.78 is 0. The molecule has 1 aromatic heterocycles. The Morgan fingerprint density at radius 3 is 2.66 bits per heavy atom. The monoisotopic (exact) mass is 405 g/mol. The zero-order valence-corrected chi connectivity index (χ0v) is 16.8. The van der Waals surface area contributed by atoms with Crippen LogP contribution in [0.1, 0.15) is 32.0 Å². The van der Waals surface area contributed by atoms with Gasteiger partial charge < -0.3 is 10.6 Å². The second kappa shape index (κ2) is 9.03. The SMILES string of the molecule is O=C(NC1CCN(Cc2ccccc2)C1)c1cccc(NC(=O)c2cccs2)c1. The molecule has 0 aliphatic carbocycles. The van der Waals surface area contributed by atoms with Crippen LogP contribution in [-0.4, -0.2) is 35.8 Å². The van der Waals surface area contributed by atoms with Crippen LogP contribution in [0.5, 0.6) is 0 Å². The van der Waals surface area contributed by atoms with E-state index < -0.39 is 0 Å². The summed E-state index contributed by atoms with van der Waals surface area (Å²) in [6, 6.07) is 21.2. The predicted octanol–water partition coefficient (Wildman–Crippen LogP) is 4.00. The molecule has 2 N–H and O–H groups in total. The third-order valence-electron chi connectivity index (χ3n) is 4.98. The second-order valence-electron chi connectivity index (χ2n) is 7.19. The van der Waals surface area contributed by atoms with Gasteiger partial charge in [0.1, 0.15) is 0 Å². The van der Waals surface area contributed by atoms with Crippen molar-refractivity contribution in [2.75, 3.05) is 18.4 Å². The van der Waals surface area contributed by atoms with Gasteiger partial charge in [-0.3, -0.25) is 14.5 Å². The number of likely N-dealkylation sites (tertiary alicyclic amines) is 1. The summed E-state index contributed by atoms with van der Waals surface area (Å²) in [6.07, 6.45) is 0.938. The molecular weight excluding hydrogens is 382 g/mol. The molecule has 0 bridgehead atoms. The number of carbonyl (C=O) groups excluding carboxylic acids is 2. The minimum atomic E-state index is -0.162. The Balaban J connectivity index is 1.32. The number of amides is 2. The lowest BCUT2D eigenvalue weighted by Crippen LogP contribution is -2.37. The topological polar surface area (TPSA) is 61.4 Å². The van der Waals surface area contributed by atoms with E-state index in [4.69, 9.17) is 0 Å². The van der Waals surface area contributed by atoms with Crippen molar-refractivity contribution in [2.24, 2.45) is 0 Å². The van der Waals surface area contributed by atoms with Crippen LogP contribution in [-0.2, 0) is 6.54 Å². The minimum absolute atomic E-state index is 0.108. The van der Waals surface area contributed by atoms with Gasteiger partial charge in [0.2, 0.25) is 0 Å². The summed E-state index contributed by atoms with van der Waals surface area (Å²) >= 11 is 1.39. The highest BCUT2D eigenvalue weighted by molar-refractivity contribution is 7.12. The molecule has 3 aromatic rings. The average Bonchev–Trinajstić information content (AvgIpc) is 3.41. The summed E-state index contributed by atoms with van der Waals surface area (Å²) in [5, 5.41) is 7.84. The van der Waals surface area contributed by atoms with Gasteiger partial charge in [-0.25, -0.2) is 0 Å². The van der Waals surface area contributed by atoms with Crippen LogP contribution >= 0.6 is 11.3 Å². The molecule has 0 radical (unpaired) electrons. The zero-order chi connectivity index (χ0) is 20.1. The van der Waals surface area contributed by atoms with Crippen molar-refractivity contribution in [2.45, 2.75) is 19.0 Å². The first kappa shape index (κ1) is 19.4. The molecular formula is C23H23N3O2S. The molecule has 4 rings (SSSR count). The minimum Gasteiger partial charge on any atom is -0.348 e. The first-order valence-electron chi connectivity index (χ1n) is 9.69. The predicted molar refractivity (Wildman–Crippen MR) is 116 cm³/mol. The number of hydrogen-bond acceptors (Lipinski definition) is 4. The summed E-state index contributed by atoms with van der Waals surface area (Å²) in [6.45, 7) is 2.71. The van der Waals surface area contributed by atoms with Crippen molar-refractivity contribution in [1.29, 1.82) is 0 Å². The first-order chi connectivity index (χ1) is 14.2. The molecule has 0 saturated carbocycles. The molecule has 1 saturated heterocycles. The van der Waals surface area contributed by atoms with Gasteiger partial charge in [-0.2, -0.15) is 0 Å². The first-order valence-corrected chi connectivity index (χ1v) is 10.6. The van der Waals surface area contributed by atoms with E-state index in [-0.39, 0.29) is 17.9 Å². The second-order valence-corrected chi connectivity index (χ2v) is 8.14. The van der Waals surface area contributed by atoms with Crippen molar-refractivity contribution in [3.63, 3.8) is 0 Å². The van der Waals surface area contributed by atoms with Crippen LogP contribution in [0.15, 0.2) is 72.1 Å². The van der Waals surface area contributed by atoms with E-state index in [2.05, 4.69) is 39.8 Å². The molecule has 2 amide bonds. The molecule has 1 atom stereocenters. The maximum absolute atomic E-state index is 12.7. The average molecular weight is 406 g/mol. The number of nitrogens with one attached hydrogen (secondary N) is 2. The van der Waals surface area contributed by atoms with Crippen LogP contribution in [0, 0.1) is 0 Å². The highest BCUT2D eigenvalue weighted by atomic mass is 32.1. The molecule has 1 fully saturated rings. The quantitative estimate of drug-likeness (QED) is 0.652. The maximum atomic E-state index is 12.7. The van der Waals surface area contributed by atoms with Crippen molar-refractivity contribution < 1.29 is 9.59 Å². The molecule has 2 aromatic carbocycles. The fourth-order valence-corrected chi connectivity index (χ4v) is 4.16. The Morgan fingerprint density at radius 1 is 1.00 bits per heavy atom. The fourth-order valence-electron chi connectivity index (χ4n) is 3.54. The van der Waals surface area contributed by atoms with Crippen molar-refractivity contribution >= 4 is 28.8 Å². The normalized spacial score (nSPS) is 16.5. The van der Waals surface area contributed by atoms with E-state index in [0.717, 1.165) is 26.1 Å². The molecule has 0 spiro atoms. The smallest absolute Gasteiger partial charge is 0.265 e. The molecule has 29 heavy (non-hydrogen) atoms. The number of hydrogen-bond donors (Lipinski definition) is 2. The summed E-state index contributed by atoms with van der Waals surface area (Å²) in [4.78, 5) is 27.9. The third kappa shape index (κ3) is 5.10. The Kier molecular flexibility index (Phi) is 6.03. The Labute approximate surface area is 174 Å². The van der Waals surface area contributed by atoms with Gasteiger partial charge in [-0.15, -0.1) is 11.3 Å². The lowest BCUT2D eigenvalue weighted by molar-refractivity contribution is 0.0936. The molecule has 2 heterocycles. The standard InChI is InChI=1S/C23H23N3O2S/c27-22(25-20-11-12-26(16-20)15-17-6-2-1-3-7-17)18-8-4-9-19(14-18)24-23(28)21-10-5-13-29-21/h1-10,13-14,20H,11-12,15-16H2,(H,24,28)(H,25,27). The number of nitrogens with zero attached hydrogens (tertiary/aromatic N) is 1. The van der Waals surface area contributed by atoms with Gasteiger partial charge in [-0.05, 0) is 41.6 Å². The number of rotatable bonds is 6. The van der Waals surface area contributed by atoms with E-state index in [1.165, 1.54) is 16.9 Å². The van der Waals surface area contributed by atoms with Gasteiger partial charge >= 0.3 is 0 Å². The Morgan fingerprint density at radius 2 is 1.86 bits per heavy atom. The van der Waals surface area contributed by atoms with E-state index >= 15 is 0 Å². The van der Waals surface area contributed by atoms with E-state index in [9.17, 15) is 9.59 Å². The highest BCUT2D eigenvalue weighted by Crippen LogP contribution is 2.17. The largest absolute Gasteiger partial charge is 0.348 e. The van der Waals surface area contributed by atoms with Gasteiger partial charge in [0, 0.05) is 36.9 Å². The van der Waals surface area contributed by atoms with E-state index in [0.29, 0.717) is 16.1 Å². The zero-order valence-electron chi connectivity index (χ0n) is 16.0. The molecule has 148 valence electrons. The number of carbonyl (C=O) groups is 2. The van der Waals surface area contributed by atoms with Crippen molar-refractivity contribution in [1.82, 2.24) is 10.2 Å². The molecule has 1 unspecified atom stereocenters. The fraction of sp³-hybridized carbons (Fsp3) is 0.217. The molecule has 1 aliphatic rings. The van der Waals surface area contributed by atoms with Crippen molar-refractivity contribution in [3.05, 3.63) is 88.1 Å². The Hall–Kier alpha value is -2.96. The van der Waals surface area contributed by atoms with E-state index in [1.807, 2.05) is 17.5 Å². The van der Waals surface area contributed by atoms with Gasteiger partial charge in [-0.1, -0.05) is 42.5 Å². The van der Waals surface area contributed by atoms with Gasteiger partial charge in [0.15, 0.2) is 0 Å². The number of thiophene rings is 1. The molecule has 1 aliphatic heterocycles. The summed E-state index contributed by atoms with van der Waals surface area (Å²) in [7, 11) is 0.